The largest absolute Gasteiger partial charge is 0.329 e. The minimum absolute atomic E-state index is 0.104. The second-order valence-corrected chi connectivity index (χ2v) is 7.63. The van der Waals surface area contributed by atoms with Crippen molar-refractivity contribution in [3.05, 3.63) is 28.5 Å². The standard InChI is InChI=1S/C17H22BrN3/c18-12-4-7-15-14(10-12)20-16(21(15)13-5-6-13)17(11-19)8-2-1-3-9-17/h4,7,10,13H,1-3,5-6,8-9,11,19H2. The molecule has 2 saturated carbocycles. The van der Waals surface area contributed by atoms with Crippen LogP contribution < -0.4 is 5.73 Å². The fourth-order valence-corrected chi connectivity index (χ4v) is 4.24. The van der Waals surface area contributed by atoms with Gasteiger partial charge in [0.1, 0.15) is 5.82 Å². The summed E-state index contributed by atoms with van der Waals surface area (Å²) in [5.41, 5.74) is 8.75. The number of nitrogens with two attached hydrogens (primary N) is 1. The molecule has 0 aliphatic heterocycles. The number of fused-ring (bicyclic) bond motifs is 1. The SMILES string of the molecule is NCC1(c2nc3cc(Br)ccc3n2C2CC2)CCCCC1. The van der Waals surface area contributed by atoms with Gasteiger partial charge in [-0.3, -0.25) is 0 Å². The monoisotopic (exact) mass is 347 g/mol. The molecule has 1 aromatic carbocycles. The molecule has 2 aromatic rings. The van der Waals surface area contributed by atoms with E-state index in [-0.39, 0.29) is 5.41 Å². The van der Waals surface area contributed by atoms with Crippen LogP contribution in [0.5, 0.6) is 0 Å². The Balaban J connectivity index is 1.92. The highest BCUT2D eigenvalue weighted by atomic mass is 79.9. The van der Waals surface area contributed by atoms with Gasteiger partial charge in [0.25, 0.3) is 0 Å². The van der Waals surface area contributed by atoms with Gasteiger partial charge >= 0.3 is 0 Å². The van der Waals surface area contributed by atoms with Gasteiger partial charge in [-0.25, -0.2) is 4.98 Å². The predicted octanol–water partition coefficient (Wildman–Crippen LogP) is 4.29. The number of halogens is 1. The van der Waals surface area contributed by atoms with E-state index in [0.717, 1.165) is 16.5 Å². The van der Waals surface area contributed by atoms with Crippen LogP contribution in [0.1, 0.15) is 56.8 Å². The van der Waals surface area contributed by atoms with Crippen molar-refractivity contribution in [2.75, 3.05) is 6.54 Å². The minimum Gasteiger partial charge on any atom is -0.329 e. The van der Waals surface area contributed by atoms with Gasteiger partial charge in [0.05, 0.1) is 11.0 Å². The molecule has 0 radical (unpaired) electrons. The number of nitrogens with zero attached hydrogens (tertiary/aromatic N) is 2. The molecule has 112 valence electrons. The van der Waals surface area contributed by atoms with Gasteiger partial charge in [-0.2, -0.15) is 0 Å². The zero-order chi connectivity index (χ0) is 14.4. The highest BCUT2D eigenvalue weighted by Crippen LogP contribution is 2.45. The van der Waals surface area contributed by atoms with E-state index in [2.05, 4.69) is 38.7 Å². The molecule has 0 bridgehead atoms. The number of aromatic nitrogens is 2. The number of hydrogen-bond acceptors (Lipinski definition) is 2. The number of imidazole rings is 1. The number of rotatable bonds is 3. The lowest BCUT2D eigenvalue weighted by Gasteiger charge is -2.36. The first-order chi connectivity index (χ1) is 10.2. The Hall–Kier alpha value is -0.870. The van der Waals surface area contributed by atoms with E-state index in [4.69, 9.17) is 10.7 Å². The quantitative estimate of drug-likeness (QED) is 0.899. The Labute approximate surface area is 134 Å². The third kappa shape index (κ3) is 2.23. The normalized spacial score (nSPS) is 21.8. The second kappa shape index (κ2) is 5.10. The summed E-state index contributed by atoms with van der Waals surface area (Å²) in [6, 6.07) is 7.13. The van der Waals surface area contributed by atoms with E-state index in [1.807, 2.05) is 0 Å². The van der Waals surface area contributed by atoms with Crippen LogP contribution in [0.25, 0.3) is 11.0 Å². The fourth-order valence-electron chi connectivity index (χ4n) is 3.90. The van der Waals surface area contributed by atoms with Crippen LogP contribution in [0.4, 0.5) is 0 Å². The molecular weight excluding hydrogens is 326 g/mol. The van der Waals surface area contributed by atoms with Crippen molar-refractivity contribution < 1.29 is 0 Å². The van der Waals surface area contributed by atoms with Crippen molar-refractivity contribution >= 4 is 27.0 Å². The van der Waals surface area contributed by atoms with Gasteiger partial charge in [0, 0.05) is 22.5 Å². The predicted molar refractivity (Wildman–Crippen MR) is 89.5 cm³/mol. The zero-order valence-electron chi connectivity index (χ0n) is 12.3. The van der Waals surface area contributed by atoms with Crippen LogP contribution in [-0.4, -0.2) is 16.1 Å². The lowest BCUT2D eigenvalue weighted by atomic mass is 9.73. The third-order valence-corrected chi connectivity index (χ3v) is 5.73. The summed E-state index contributed by atoms with van der Waals surface area (Å²) in [5.74, 6) is 1.26. The van der Waals surface area contributed by atoms with Gasteiger partial charge in [-0.05, 0) is 43.9 Å². The van der Waals surface area contributed by atoms with Crippen LogP contribution >= 0.6 is 15.9 Å². The summed E-state index contributed by atoms with van der Waals surface area (Å²) < 4.78 is 3.62. The molecule has 1 heterocycles. The average Bonchev–Trinajstić information content (AvgIpc) is 3.28. The van der Waals surface area contributed by atoms with Crippen molar-refractivity contribution in [1.29, 1.82) is 0 Å². The second-order valence-electron chi connectivity index (χ2n) is 6.71. The van der Waals surface area contributed by atoms with Gasteiger partial charge in [-0.15, -0.1) is 0 Å². The molecule has 4 rings (SSSR count). The zero-order valence-corrected chi connectivity index (χ0v) is 13.9. The van der Waals surface area contributed by atoms with Crippen LogP contribution in [0.3, 0.4) is 0 Å². The van der Waals surface area contributed by atoms with Crippen LogP contribution in [0.2, 0.25) is 0 Å². The molecule has 0 atom stereocenters. The van der Waals surface area contributed by atoms with Gasteiger partial charge in [-0.1, -0.05) is 35.2 Å². The molecule has 2 N–H and O–H groups in total. The summed E-state index contributed by atoms with van der Waals surface area (Å²) in [5, 5.41) is 0. The first-order valence-corrected chi connectivity index (χ1v) is 8.91. The van der Waals surface area contributed by atoms with Crippen LogP contribution in [0.15, 0.2) is 22.7 Å². The molecule has 2 aliphatic rings. The highest BCUT2D eigenvalue weighted by molar-refractivity contribution is 9.10. The van der Waals surface area contributed by atoms with E-state index in [1.54, 1.807) is 0 Å². The maximum Gasteiger partial charge on any atom is 0.117 e. The van der Waals surface area contributed by atoms with Crippen LogP contribution in [0, 0.1) is 0 Å². The van der Waals surface area contributed by atoms with E-state index in [1.165, 1.54) is 56.3 Å². The number of benzene rings is 1. The summed E-state index contributed by atoms with van der Waals surface area (Å²) in [6.45, 7) is 0.726. The van der Waals surface area contributed by atoms with E-state index in [9.17, 15) is 0 Å². The van der Waals surface area contributed by atoms with E-state index < -0.39 is 0 Å². The lowest BCUT2D eigenvalue weighted by Crippen LogP contribution is -2.39. The first kappa shape index (κ1) is 13.8. The Bertz CT molecular complexity index is 666. The summed E-state index contributed by atoms with van der Waals surface area (Å²) in [4.78, 5) is 5.05. The van der Waals surface area contributed by atoms with Gasteiger partial charge < -0.3 is 10.3 Å². The van der Waals surface area contributed by atoms with E-state index in [0.29, 0.717) is 6.04 Å². The smallest absolute Gasteiger partial charge is 0.117 e. The highest BCUT2D eigenvalue weighted by Gasteiger charge is 2.40. The summed E-state index contributed by atoms with van der Waals surface area (Å²) in [6.07, 6.45) is 8.88. The molecule has 4 heteroatoms. The van der Waals surface area contributed by atoms with Crippen molar-refractivity contribution in [3.63, 3.8) is 0 Å². The Morgan fingerprint density at radius 1 is 1.24 bits per heavy atom. The van der Waals surface area contributed by atoms with E-state index >= 15 is 0 Å². The third-order valence-electron chi connectivity index (χ3n) is 5.24. The molecule has 0 unspecified atom stereocenters. The minimum atomic E-state index is 0.104. The Morgan fingerprint density at radius 3 is 2.67 bits per heavy atom. The van der Waals surface area contributed by atoms with Crippen molar-refractivity contribution in [2.45, 2.75) is 56.4 Å². The fraction of sp³-hybridized carbons (Fsp3) is 0.588. The summed E-state index contributed by atoms with van der Waals surface area (Å²) in [7, 11) is 0. The average molecular weight is 348 g/mol. The molecule has 0 spiro atoms. The first-order valence-electron chi connectivity index (χ1n) is 8.12. The lowest BCUT2D eigenvalue weighted by molar-refractivity contribution is 0.278. The molecule has 2 fully saturated rings. The summed E-state index contributed by atoms with van der Waals surface area (Å²) >= 11 is 3.57. The van der Waals surface area contributed by atoms with Crippen LogP contribution in [-0.2, 0) is 5.41 Å². The molecule has 2 aliphatic carbocycles. The Kier molecular flexibility index (Phi) is 3.34. The molecular formula is C17H22BrN3. The molecule has 1 aromatic heterocycles. The van der Waals surface area contributed by atoms with Gasteiger partial charge in [0.15, 0.2) is 0 Å². The topological polar surface area (TPSA) is 43.8 Å². The number of hydrogen-bond donors (Lipinski definition) is 1. The molecule has 21 heavy (non-hydrogen) atoms. The Morgan fingerprint density at radius 2 is 2.00 bits per heavy atom. The van der Waals surface area contributed by atoms with Crippen molar-refractivity contribution in [2.24, 2.45) is 5.73 Å². The van der Waals surface area contributed by atoms with Crippen molar-refractivity contribution in [3.8, 4) is 0 Å². The molecule has 0 saturated heterocycles. The van der Waals surface area contributed by atoms with Crippen molar-refractivity contribution in [1.82, 2.24) is 9.55 Å². The molecule has 3 nitrogen and oxygen atoms in total. The van der Waals surface area contributed by atoms with Gasteiger partial charge in [0.2, 0.25) is 0 Å². The maximum absolute atomic E-state index is 6.25. The molecule has 0 amide bonds. The maximum atomic E-state index is 6.25.